The van der Waals surface area contributed by atoms with Crippen LogP contribution in [-0.2, 0) is 5.41 Å². The van der Waals surface area contributed by atoms with Crippen molar-refractivity contribution in [3.8, 4) is 0 Å². The van der Waals surface area contributed by atoms with Crippen LogP contribution in [0.25, 0.3) is 0 Å². The quantitative estimate of drug-likeness (QED) is 0.561. The summed E-state index contributed by atoms with van der Waals surface area (Å²) in [6.45, 7) is 0. The lowest BCUT2D eigenvalue weighted by molar-refractivity contribution is -0.00721. The van der Waals surface area contributed by atoms with E-state index in [9.17, 15) is 4.79 Å². The Labute approximate surface area is 167 Å². The molecular formula is C21H23BrN4O. The maximum atomic E-state index is 12.4. The number of halogens is 1. The molecule has 5 nitrogen and oxygen atoms in total. The number of nitrogens with zero attached hydrogens (tertiary/aromatic N) is 2. The fraction of sp³-hybridized carbons (Fsp3) is 0.476. The Morgan fingerprint density at radius 3 is 2.56 bits per heavy atom. The van der Waals surface area contributed by atoms with Gasteiger partial charge in [-0.15, -0.1) is 0 Å². The summed E-state index contributed by atoms with van der Waals surface area (Å²) >= 11 is 3.43. The van der Waals surface area contributed by atoms with Gasteiger partial charge in [0.15, 0.2) is 5.69 Å². The molecule has 140 valence electrons. The summed E-state index contributed by atoms with van der Waals surface area (Å²) in [5, 5.41) is 11.5. The molecule has 6 heteroatoms. The van der Waals surface area contributed by atoms with Gasteiger partial charge in [-0.2, -0.15) is 10.2 Å². The number of carbonyl (C=O) groups excluding carboxylic acids is 1. The Kier molecular flexibility index (Phi) is 4.19. The van der Waals surface area contributed by atoms with Crippen LogP contribution in [0.4, 0.5) is 0 Å². The molecule has 27 heavy (non-hydrogen) atoms. The molecule has 0 atom stereocenters. The highest BCUT2D eigenvalue weighted by molar-refractivity contribution is 9.10. The fourth-order valence-electron chi connectivity index (χ4n) is 5.96. The van der Waals surface area contributed by atoms with E-state index in [-0.39, 0.29) is 11.3 Å². The summed E-state index contributed by atoms with van der Waals surface area (Å²) in [7, 11) is 0. The number of hydrogen-bond donors (Lipinski definition) is 2. The molecule has 0 unspecified atom stereocenters. The molecule has 0 saturated heterocycles. The minimum atomic E-state index is -0.270. The number of carbonyl (C=O) groups is 1. The van der Waals surface area contributed by atoms with Gasteiger partial charge in [-0.25, -0.2) is 5.43 Å². The summed E-state index contributed by atoms with van der Waals surface area (Å²) in [6.07, 6.45) is 9.62. The van der Waals surface area contributed by atoms with Crippen molar-refractivity contribution in [3.63, 3.8) is 0 Å². The van der Waals surface area contributed by atoms with Crippen molar-refractivity contribution in [3.05, 3.63) is 51.8 Å². The van der Waals surface area contributed by atoms with E-state index in [0.717, 1.165) is 33.5 Å². The van der Waals surface area contributed by atoms with Crippen molar-refractivity contribution in [1.82, 2.24) is 15.6 Å². The monoisotopic (exact) mass is 426 g/mol. The maximum absolute atomic E-state index is 12.4. The molecule has 2 aromatic rings. The van der Waals surface area contributed by atoms with E-state index in [1.165, 1.54) is 38.5 Å². The van der Waals surface area contributed by atoms with Crippen LogP contribution in [0, 0.1) is 17.8 Å². The number of hydrazone groups is 1. The fourth-order valence-corrected chi connectivity index (χ4v) is 6.38. The molecule has 4 saturated carbocycles. The van der Waals surface area contributed by atoms with E-state index in [4.69, 9.17) is 0 Å². The maximum Gasteiger partial charge on any atom is 0.291 e. The van der Waals surface area contributed by atoms with Crippen LogP contribution < -0.4 is 5.43 Å². The Bertz CT molecular complexity index is 868. The lowest BCUT2D eigenvalue weighted by Gasteiger charge is -2.56. The second-order valence-electron chi connectivity index (χ2n) is 8.62. The molecule has 1 aromatic heterocycles. The highest BCUT2D eigenvalue weighted by Crippen LogP contribution is 2.60. The minimum Gasteiger partial charge on any atom is -0.281 e. The number of aromatic nitrogens is 2. The molecule has 1 amide bonds. The van der Waals surface area contributed by atoms with Gasteiger partial charge in [0.05, 0.1) is 6.21 Å². The highest BCUT2D eigenvalue weighted by Gasteiger charge is 2.52. The Hall–Kier alpha value is -1.95. The molecule has 0 aliphatic heterocycles. The van der Waals surface area contributed by atoms with Crippen LogP contribution in [0.2, 0.25) is 0 Å². The zero-order valence-corrected chi connectivity index (χ0v) is 16.7. The van der Waals surface area contributed by atoms with E-state index in [2.05, 4.69) is 36.7 Å². The summed E-state index contributed by atoms with van der Waals surface area (Å²) in [5.41, 5.74) is 5.30. The zero-order valence-electron chi connectivity index (χ0n) is 15.1. The molecule has 6 rings (SSSR count). The number of hydrogen-bond acceptors (Lipinski definition) is 3. The van der Waals surface area contributed by atoms with E-state index in [0.29, 0.717) is 5.69 Å². The molecule has 2 N–H and O–H groups in total. The van der Waals surface area contributed by atoms with Gasteiger partial charge in [-0.05, 0) is 80.0 Å². The highest BCUT2D eigenvalue weighted by atomic mass is 79.9. The van der Waals surface area contributed by atoms with Crippen LogP contribution in [0.3, 0.4) is 0 Å². The number of amides is 1. The van der Waals surface area contributed by atoms with Gasteiger partial charge in [0.25, 0.3) is 5.91 Å². The number of rotatable bonds is 4. The normalized spacial score (nSPS) is 31.5. The number of benzene rings is 1. The Balaban J connectivity index is 1.29. The van der Waals surface area contributed by atoms with Gasteiger partial charge in [0, 0.05) is 15.6 Å². The molecule has 4 aliphatic carbocycles. The van der Waals surface area contributed by atoms with Gasteiger partial charge in [0.2, 0.25) is 0 Å². The van der Waals surface area contributed by atoms with Crippen LogP contribution in [0.1, 0.15) is 60.3 Å². The first-order valence-corrected chi connectivity index (χ1v) is 10.5. The molecular weight excluding hydrogens is 404 g/mol. The number of nitrogens with one attached hydrogen (secondary N) is 2. The summed E-state index contributed by atoms with van der Waals surface area (Å²) in [6, 6.07) is 9.71. The molecule has 1 aromatic carbocycles. The summed E-state index contributed by atoms with van der Waals surface area (Å²) < 4.78 is 0.977. The van der Waals surface area contributed by atoms with Crippen molar-refractivity contribution in [2.24, 2.45) is 22.9 Å². The average molecular weight is 427 g/mol. The second-order valence-corrected chi connectivity index (χ2v) is 9.53. The van der Waals surface area contributed by atoms with Crippen molar-refractivity contribution < 1.29 is 4.79 Å². The SMILES string of the molecule is O=C(NN=Cc1cccc(Br)c1)c1cc(C23CC4CC(CC(C4)C2)C3)[nH]n1. The lowest BCUT2D eigenvalue weighted by atomic mass is 9.49. The van der Waals surface area contributed by atoms with Crippen molar-refractivity contribution >= 4 is 28.1 Å². The lowest BCUT2D eigenvalue weighted by Crippen LogP contribution is -2.48. The summed E-state index contributed by atoms with van der Waals surface area (Å²) in [5.74, 6) is 2.33. The third-order valence-corrected chi connectivity index (χ3v) is 7.14. The zero-order chi connectivity index (χ0) is 18.4. The van der Waals surface area contributed by atoms with E-state index in [1.807, 2.05) is 30.3 Å². The molecule has 0 radical (unpaired) electrons. The van der Waals surface area contributed by atoms with E-state index in [1.54, 1.807) is 6.21 Å². The van der Waals surface area contributed by atoms with Crippen LogP contribution >= 0.6 is 15.9 Å². The van der Waals surface area contributed by atoms with Crippen LogP contribution in [0.15, 0.2) is 39.9 Å². The Morgan fingerprint density at radius 2 is 1.89 bits per heavy atom. The molecule has 4 aliphatic rings. The first kappa shape index (κ1) is 17.2. The standard InChI is InChI=1S/C21H23BrN4O/c22-17-3-1-2-13(7-17)12-23-26-20(27)18-8-19(25-24-18)21-9-14-4-15(10-21)6-16(5-14)11-21/h1-3,7-8,12,14-16H,4-6,9-11H2,(H,24,25)(H,26,27). The first-order chi connectivity index (χ1) is 13.1. The smallest absolute Gasteiger partial charge is 0.281 e. The topological polar surface area (TPSA) is 70.1 Å². The van der Waals surface area contributed by atoms with Crippen molar-refractivity contribution in [2.45, 2.75) is 43.9 Å². The number of aromatic amines is 1. The average Bonchev–Trinajstić information content (AvgIpc) is 3.12. The summed E-state index contributed by atoms with van der Waals surface area (Å²) in [4.78, 5) is 12.4. The van der Waals surface area contributed by atoms with E-state index < -0.39 is 0 Å². The first-order valence-electron chi connectivity index (χ1n) is 9.74. The van der Waals surface area contributed by atoms with Crippen LogP contribution in [0.5, 0.6) is 0 Å². The largest absolute Gasteiger partial charge is 0.291 e. The Morgan fingerprint density at radius 1 is 1.19 bits per heavy atom. The van der Waals surface area contributed by atoms with Crippen molar-refractivity contribution in [2.75, 3.05) is 0 Å². The molecule has 0 spiro atoms. The third kappa shape index (κ3) is 3.24. The second kappa shape index (κ2) is 6.59. The van der Waals surface area contributed by atoms with Gasteiger partial charge < -0.3 is 0 Å². The van der Waals surface area contributed by atoms with Gasteiger partial charge in [0.1, 0.15) is 0 Å². The predicted octanol–water partition coefficient (Wildman–Crippen LogP) is 4.40. The molecule has 4 bridgehead atoms. The third-order valence-electron chi connectivity index (χ3n) is 6.65. The van der Waals surface area contributed by atoms with Gasteiger partial charge >= 0.3 is 0 Å². The van der Waals surface area contributed by atoms with E-state index >= 15 is 0 Å². The van der Waals surface area contributed by atoms with Crippen molar-refractivity contribution in [1.29, 1.82) is 0 Å². The van der Waals surface area contributed by atoms with Crippen LogP contribution in [-0.4, -0.2) is 22.3 Å². The van der Waals surface area contributed by atoms with Gasteiger partial charge in [-0.3, -0.25) is 9.89 Å². The molecule has 4 fully saturated rings. The number of H-pyrrole nitrogens is 1. The van der Waals surface area contributed by atoms with Gasteiger partial charge in [-0.1, -0.05) is 28.1 Å². The molecule has 1 heterocycles. The minimum absolute atomic E-state index is 0.222. The predicted molar refractivity (Wildman–Crippen MR) is 108 cm³/mol.